The summed E-state index contributed by atoms with van der Waals surface area (Å²) in [6.45, 7) is 2.10. The molecule has 1 amide bonds. The van der Waals surface area contributed by atoms with Gasteiger partial charge in [-0.3, -0.25) is 4.90 Å². The minimum atomic E-state index is -0.680. The molecule has 1 aromatic heterocycles. The number of hydrogen-bond acceptors (Lipinski definition) is 4. The molecule has 180 valence electrons. The first-order valence-electron chi connectivity index (χ1n) is 11.7. The van der Waals surface area contributed by atoms with E-state index in [-0.39, 0.29) is 19.2 Å². The average molecular weight is 490 g/mol. The molecular formula is C28H28ClN3O3. The number of carbonyl (C=O) groups excluding carboxylic acids is 1. The number of benzene rings is 3. The molecule has 6 nitrogen and oxygen atoms in total. The molecule has 5 rings (SSSR count). The van der Waals surface area contributed by atoms with E-state index >= 15 is 0 Å². The summed E-state index contributed by atoms with van der Waals surface area (Å²) in [7, 11) is 0. The lowest BCUT2D eigenvalue weighted by Crippen LogP contribution is -2.42. The highest BCUT2D eigenvalue weighted by Gasteiger charge is 2.38. The SMILES string of the molecule is O=C(OCc1ccccc1)N1C[C@@H](O)[C@H](N(Cc2ccc(Cl)cc2)Cc2ccc3cc[nH]c3c2)C1. The Balaban J connectivity index is 1.31. The van der Waals surface area contributed by atoms with E-state index in [2.05, 4.69) is 28.1 Å². The van der Waals surface area contributed by atoms with Crippen LogP contribution in [-0.2, 0) is 24.4 Å². The number of likely N-dealkylation sites (tertiary alicyclic amines) is 1. The number of amides is 1. The van der Waals surface area contributed by atoms with Gasteiger partial charge >= 0.3 is 6.09 Å². The summed E-state index contributed by atoms with van der Waals surface area (Å²) < 4.78 is 5.52. The van der Waals surface area contributed by atoms with Crippen molar-refractivity contribution in [1.82, 2.24) is 14.8 Å². The smallest absolute Gasteiger partial charge is 0.410 e. The van der Waals surface area contributed by atoms with Crippen molar-refractivity contribution < 1.29 is 14.6 Å². The van der Waals surface area contributed by atoms with E-state index < -0.39 is 12.2 Å². The third kappa shape index (κ3) is 5.68. The number of nitrogens with zero attached hydrogens (tertiary/aromatic N) is 2. The summed E-state index contributed by atoms with van der Waals surface area (Å²) in [6.07, 6.45) is 0.843. The molecule has 0 bridgehead atoms. The van der Waals surface area contributed by atoms with E-state index in [1.54, 1.807) is 4.90 Å². The third-order valence-corrected chi connectivity index (χ3v) is 6.75. The zero-order valence-corrected chi connectivity index (χ0v) is 20.1. The van der Waals surface area contributed by atoms with Gasteiger partial charge in [0, 0.05) is 36.4 Å². The van der Waals surface area contributed by atoms with Crippen LogP contribution in [0.15, 0.2) is 85.1 Å². The Bertz CT molecular complexity index is 1280. The molecule has 2 heterocycles. The van der Waals surface area contributed by atoms with Crippen molar-refractivity contribution in [1.29, 1.82) is 0 Å². The first kappa shape index (κ1) is 23.4. The normalized spacial score (nSPS) is 17.9. The summed E-state index contributed by atoms with van der Waals surface area (Å²) in [5, 5.41) is 12.8. The number of β-amino-alcohol motifs (C(OH)–C–C–N with tert-alkyl or cyclic N) is 1. The molecule has 1 fully saturated rings. The molecule has 3 aromatic carbocycles. The standard InChI is InChI=1S/C28H28ClN3O3/c29-24-10-7-20(8-11-24)15-31(16-22-6-9-23-12-13-30-25(23)14-22)26-17-32(18-27(26)33)28(34)35-19-21-4-2-1-3-5-21/h1-14,26-27,30,33H,15-19H2/t26-,27-/m1/s1. The van der Waals surface area contributed by atoms with Crippen LogP contribution in [0.3, 0.4) is 0 Å². The Morgan fingerprint density at radius 2 is 1.71 bits per heavy atom. The number of aliphatic hydroxyl groups excluding tert-OH is 1. The number of rotatable bonds is 7. The molecule has 1 aliphatic heterocycles. The van der Waals surface area contributed by atoms with Crippen LogP contribution in [0, 0.1) is 0 Å². The number of nitrogens with one attached hydrogen (secondary N) is 1. The predicted octanol–water partition coefficient (Wildman–Crippen LogP) is 5.21. The second-order valence-corrected chi connectivity index (χ2v) is 9.45. The highest BCUT2D eigenvalue weighted by molar-refractivity contribution is 6.30. The lowest BCUT2D eigenvalue weighted by molar-refractivity contribution is 0.0728. The van der Waals surface area contributed by atoms with Crippen LogP contribution < -0.4 is 0 Å². The van der Waals surface area contributed by atoms with Gasteiger partial charge in [-0.2, -0.15) is 0 Å². The van der Waals surface area contributed by atoms with Gasteiger partial charge in [-0.1, -0.05) is 66.2 Å². The lowest BCUT2D eigenvalue weighted by atomic mass is 10.1. The van der Waals surface area contributed by atoms with Gasteiger partial charge < -0.3 is 19.7 Å². The van der Waals surface area contributed by atoms with Crippen LogP contribution in [0.25, 0.3) is 10.9 Å². The molecule has 0 spiro atoms. The van der Waals surface area contributed by atoms with Crippen molar-refractivity contribution in [2.75, 3.05) is 13.1 Å². The number of aromatic nitrogens is 1. The molecule has 0 saturated carbocycles. The highest BCUT2D eigenvalue weighted by atomic mass is 35.5. The molecule has 0 unspecified atom stereocenters. The quantitative estimate of drug-likeness (QED) is 0.374. The maximum absolute atomic E-state index is 12.8. The van der Waals surface area contributed by atoms with Crippen LogP contribution in [-0.4, -0.2) is 51.2 Å². The first-order chi connectivity index (χ1) is 17.0. The van der Waals surface area contributed by atoms with Crippen molar-refractivity contribution in [2.24, 2.45) is 0 Å². The van der Waals surface area contributed by atoms with Gasteiger partial charge in [-0.25, -0.2) is 4.79 Å². The van der Waals surface area contributed by atoms with Gasteiger partial charge in [0.25, 0.3) is 0 Å². The monoisotopic (exact) mass is 489 g/mol. The van der Waals surface area contributed by atoms with Gasteiger partial charge in [0.2, 0.25) is 0 Å². The van der Waals surface area contributed by atoms with Crippen LogP contribution in [0.4, 0.5) is 4.79 Å². The van der Waals surface area contributed by atoms with E-state index in [9.17, 15) is 9.90 Å². The topological polar surface area (TPSA) is 68.8 Å². The zero-order chi connectivity index (χ0) is 24.2. The largest absolute Gasteiger partial charge is 0.445 e. The second kappa shape index (κ2) is 10.5. The molecule has 35 heavy (non-hydrogen) atoms. The number of hydrogen-bond donors (Lipinski definition) is 2. The van der Waals surface area contributed by atoms with Crippen molar-refractivity contribution in [3.63, 3.8) is 0 Å². The summed E-state index contributed by atoms with van der Waals surface area (Å²) >= 11 is 6.09. The molecule has 0 radical (unpaired) electrons. The van der Waals surface area contributed by atoms with Gasteiger partial charge in [0.15, 0.2) is 0 Å². The van der Waals surface area contributed by atoms with Crippen LogP contribution in [0.2, 0.25) is 5.02 Å². The summed E-state index contributed by atoms with van der Waals surface area (Å²) in [5.74, 6) is 0. The maximum Gasteiger partial charge on any atom is 0.410 e. The Morgan fingerprint density at radius 1 is 0.971 bits per heavy atom. The van der Waals surface area contributed by atoms with Crippen molar-refractivity contribution >= 4 is 28.6 Å². The number of halogens is 1. The average Bonchev–Trinajstić information content (AvgIpc) is 3.50. The summed E-state index contributed by atoms with van der Waals surface area (Å²) in [4.78, 5) is 19.8. The Labute approximate surface area is 209 Å². The number of H-pyrrole nitrogens is 1. The van der Waals surface area contributed by atoms with Crippen LogP contribution in [0.1, 0.15) is 16.7 Å². The third-order valence-electron chi connectivity index (χ3n) is 6.50. The van der Waals surface area contributed by atoms with Crippen LogP contribution in [0.5, 0.6) is 0 Å². The predicted molar refractivity (Wildman–Crippen MR) is 137 cm³/mol. The molecule has 2 N–H and O–H groups in total. The number of aromatic amines is 1. The maximum atomic E-state index is 12.8. The number of carbonyl (C=O) groups is 1. The van der Waals surface area contributed by atoms with E-state index in [1.807, 2.05) is 66.9 Å². The van der Waals surface area contributed by atoms with Gasteiger partial charge in [-0.05, 0) is 46.3 Å². The second-order valence-electron chi connectivity index (χ2n) is 9.01. The molecule has 0 aliphatic carbocycles. The fourth-order valence-corrected chi connectivity index (χ4v) is 4.76. The molecule has 1 saturated heterocycles. The Kier molecular flexibility index (Phi) is 7.04. The minimum Gasteiger partial charge on any atom is -0.445 e. The van der Waals surface area contributed by atoms with Gasteiger partial charge in [0.05, 0.1) is 18.7 Å². The molecular weight excluding hydrogens is 462 g/mol. The fourth-order valence-electron chi connectivity index (χ4n) is 4.63. The summed E-state index contributed by atoms with van der Waals surface area (Å²) in [5.41, 5.74) is 4.23. The minimum absolute atomic E-state index is 0.210. The molecule has 4 aromatic rings. The van der Waals surface area contributed by atoms with E-state index in [1.165, 1.54) is 0 Å². The van der Waals surface area contributed by atoms with Crippen molar-refractivity contribution in [3.05, 3.63) is 107 Å². The number of fused-ring (bicyclic) bond motifs is 1. The van der Waals surface area contributed by atoms with E-state index in [4.69, 9.17) is 16.3 Å². The van der Waals surface area contributed by atoms with Crippen molar-refractivity contribution in [2.45, 2.75) is 31.8 Å². The van der Waals surface area contributed by atoms with E-state index in [0.29, 0.717) is 24.7 Å². The number of aliphatic hydroxyl groups is 1. The Hall–Kier alpha value is -3.32. The highest BCUT2D eigenvalue weighted by Crippen LogP contribution is 2.24. The molecule has 7 heteroatoms. The van der Waals surface area contributed by atoms with E-state index in [0.717, 1.165) is 27.6 Å². The molecule has 1 aliphatic rings. The molecule has 2 atom stereocenters. The van der Waals surface area contributed by atoms with Crippen LogP contribution >= 0.6 is 11.6 Å². The fraction of sp³-hybridized carbons (Fsp3) is 0.250. The van der Waals surface area contributed by atoms with Crippen molar-refractivity contribution in [3.8, 4) is 0 Å². The lowest BCUT2D eigenvalue weighted by Gasteiger charge is -2.31. The summed E-state index contributed by atoms with van der Waals surface area (Å²) in [6, 6.07) is 25.5. The first-order valence-corrected chi connectivity index (χ1v) is 12.1. The Morgan fingerprint density at radius 3 is 2.51 bits per heavy atom. The zero-order valence-electron chi connectivity index (χ0n) is 19.3. The number of ether oxygens (including phenoxy) is 1. The van der Waals surface area contributed by atoms with Gasteiger partial charge in [-0.15, -0.1) is 0 Å². The van der Waals surface area contributed by atoms with Gasteiger partial charge in [0.1, 0.15) is 6.61 Å².